The topological polar surface area (TPSA) is 62.6 Å². The Bertz CT molecular complexity index is 1210. The quantitative estimate of drug-likeness (QED) is 0.518. The molecule has 3 aromatic carbocycles. The van der Waals surface area contributed by atoms with Crippen LogP contribution in [0, 0.1) is 0 Å². The minimum atomic E-state index is -0.292. The standard InChI is InChI=1S/C25H20N2O3/c28-24-13-10-18-14-20(11-12-21(18)27(24)16-17-6-2-1-3-7-17)26-25(29)23-15-19-8-4-5-9-22(19)30-23/h1-9,11-12,14-15H,10,13,16H2,(H,26,29). The van der Waals surface area contributed by atoms with Gasteiger partial charge in [-0.15, -0.1) is 0 Å². The average molecular weight is 396 g/mol. The third-order valence-corrected chi connectivity index (χ3v) is 5.37. The molecule has 0 saturated heterocycles. The number of para-hydroxylation sites is 1. The summed E-state index contributed by atoms with van der Waals surface area (Å²) in [6.45, 7) is 0.539. The Kier molecular flexibility index (Phi) is 4.56. The molecule has 1 aliphatic rings. The van der Waals surface area contributed by atoms with Crippen molar-refractivity contribution in [3.8, 4) is 0 Å². The van der Waals surface area contributed by atoms with E-state index in [1.54, 1.807) is 6.07 Å². The van der Waals surface area contributed by atoms with Gasteiger partial charge in [0.2, 0.25) is 5.91 Å². The predicted octanol–water partition coefficient (Wildman–Crippen LogP) is 5.16. The second kappa shape index (κ2) is 7.52. The first kappa shape index (κ1) is 18.2. The van der Waals surface area contributed by atoms with Gasteiger partial charge in [0.25, 0.3) is 5.91 Å². The summed E-state index contributed by atoms with van der Waals surface area (Å²) < 4.78 is 5.65. The lowest BCUT2D eigenvalue weighted by Crippen LogP contribution is -2.34. The molecule has 2 amide bonds. The molecule has 0 spiro atoms. The van der Waals surface area contributed by atoms with Gasteiger partial charge in [-0.2, -0.15) is 0 Å². The number of anilines is 2. The van der Waals surface area contributed by atoms with Crippen LogP contribution in [0.5, 0.6) is 0 Å². The van der Waals surface area contributed by atoms with Crippen molar-refractivity contribution >= 4 is 34.2 Å². The number of nitrogens with one attached hydrogen (secondary N) is 1. The van der Waals surface area contributed by atoms with E-state index in [0.29, 0.717) is 30.7 Å². The molecular formula is C25H20N2O3. The maximum Gasteiger partial charge on any atom is 0.291 e. The molecule has 5 heteroatoms. The molecule has 4 aromatic rings. The van der Waals surface area contributed by atoms with Crippen LogP contribution in [0.4, 0.5) is 11.4 Å². The van der Waals surface area contributed by atoms with Gasteiger partial charge >= 0.3 is 0 Å². The normalized spacial score (nSPS) is 13.3. The molecule has 1 N–H and O–H groups in total. The van der Waals surface area contributed by atoms with E-state index in [-0.39, 0.29) is 17.6 Å². The van der Waals surface area contributed by atoms with E-state index in [1.807, 2.05) is 77.7 Å². The minimum Gasteiger partial charge on any atom is -0.451 e. The Morgan fingerprint density at radius 1 is 0.933 bits per heavy atom. The number of carbonyl (C=O) groups excluding carboxylic acids is 2. The summed E-state index contributed by atoms with van der Waals surface area (Å²) in [5.41, 5.74) is 4.40. The summed E-state index contributed by atoms with van der Waals surface area (Å²) >= 11 is 0. The molecular weight excluding hydrogens is 376 g/mol. The molecule has 30 heavy (non-hydrogen) atoms. The fourth-order valence-corrected chi connectivity index (χ4v) is 3.86. The molecule has 5 rings (SSSR count). The van der Waals surface area contributed by atoms with Crippen LogP contribution in [0.15, 0.2) is 83.3 Å². The molecule has 0 bridgehead atoms. The highest BCUT2D eigenvalue weighted by atomic mass is 16.3. The number of benzene rings is 3. The van der Waals surface area contributed by atoms with Gasteiger partial charge in [0, 0.05) is 23.2 Å². The summed E-state index contributed by atoms with van der Waals surface area (Å²) in [5.74, 6) is 0.0967. The largest absolute Gasteiger partial charge is 0.451 e. The van der Waals surface area contributed by atoms with Crippen LogP contribution in [0.25, 0.3) is 11.0 Å². The Labute approximate surface area is 173 Å². The number of fused-ring (bicyclic) bond motifs is 2. The van der Waals surface area contributed by atoms with E-state index >= 15 is 0 Å². The van der Waals surface area contributed by atoms with Crippen LogP contribution in [0.2, 0.25) is 0 Å². The molecule has 0 unspecified atom stereocenters. The third kappa shape index (κ3) is 3.46. The van der Waals surface area contributed by atoms with Crippen molar-refractivity contribution in [1.29, 1.82) is 0 Å². The molecule has 5 nitrogen and oxygen atoms in total. The van der Waals surface area contributed by atoms with Crippen molar-refractivity contribution in [3.63, 3.8) is 0 Å². The average Bonchev–Trinajstić information content (AvgIpc) is 3.21. The van der Waals surface area contributed by atoms with E-state index in [1.165, 1.54) is 0 Å². The molecule has 1 aromatic heterocycles. The van der Waals surface area contributed by atoms with Crippen LogP contribution in [-0.2, 0) is 17.8 Å². The van der Waals surface area contributed by atoms with E-state index in [2.05, 4.69) is 5.32 Å². The van der Waals surface area contributed by atoms with Gasteiger partial charge in [0.05, 0.1) is 6.54 Å². The molecule has 2 heterocycles. The van der Waals surface area contributed by atoms with Gasteiger partial charge in [-0.05, 0) is 47.9 Å². The van der Waals surface area contributed by atoms with Crippen LogP contribution in [0.1, 0.15) is 28.1 Å². The third-order valence-electron chi connectivity index (χ3n) is 5.37. The number of aryl methyl sites for hydroxylation is 1. The lowest BCUT2D eigenvalue weighted by molar-refractivity contribution is -0.119. The number of carbonyl (C=O) groups is 2. The van der Waals surface area contributed by atoms with E-state index < -0.39 is 0 Å². The molecule has 1 aliphatic heterocycles. The van der Waals surface area contributed by atoms with Crippen molar-refractivity contribution in [2.24, 2.45) is 0 Å². The summed E-state index contributed by atoms with van der Waals surface area (Å²) in [5, 5.41) is 3.80. The highest BCUT2D eigenvalue weighted by molar-refractivity contribution is 6.05. The first-order valence-electron chi connectivity index (χ1n) is 9.94. The van der Waals surface area contributed by atoms with Crippen molar-refractivity contribution in [2.45, 2.75) is 19.4 Å². The number of rotatable bonds is 4. The van der Waals surface area contributed by atoms with Crippen LogP contribution < -0.4 is 10.2 Å². The minimum absolute atomic E-state index is 0.116. The maximum absolute atomic E-state index is 12.6. The first-order chi connectivity index (χ1) is 14.7. The van der Waals surface area contributed by atoms with Gasteiger partial charge in [-0.25, -0.2) is 0 Å². The van der Waals surface area contributed by atoms with E-state index in [4.69, 9.17) is 4.42 Å². The van der Waals surface area contributed by atoms with Gasteiger partial charge < -0.3 is 14.6 Å². The molecule has 0 atom stereocenters. The predicted molar refractivity (Wildman–Crippen MR) is 117 cm³/mol. The van der Waals surface area contributed by atoms with Crippen LogP contribution >= 0.6 is 0 Å². The van der Waals surface area contributed by atoms with Crippen molar-refractivity contribution in [2.75, 3.05) is 10.2 Å². The number of amides is 2. The van der Waals surface area contributed by atoms with Gasteiger partial charge in [-0.1, -0.05) is 48.5 Å². The number of furan rings is 1. The highest BCUT2D eigenvalue weighted by Crippen LogP contribution is 2.32. The molecule has 0 fully saturated rings. The Morgan fingerprint density at radius 2 is 1.73 bits per heavy atom. The fourth-order valence-electron chi connectivity index (χ4n) is 3.86. The fraction of sp³-hybridized carbons (Fsp3) is 0.120. The zero-order valence-electron chi connectivity index (χ0n) is 16.3. The van der Waals surface area contributed by atoms with Gasteiger partial charge in [-0.3, -0.25) is 9.59 Å². The van der Waals surface area contributed by atoms with Crippen LogP contribution in [0.3, 0.4) is 0 Å². The summed E-state index contributed by atoms with van der Waals surface area (Å²) in [6.07, 6.45) is 1.12. The monoisotopic (exact) mass is 396 g/mol. The first-order valence-corrected chi connectivity index (χ1v) is 9.94. The molecule has 0 aliphatic carbocycles. The van der Waals surface area contributed by atoms with Crippen molar-refractivity contribution in [1.82, 2.24) is 0 Å². The van der Waals surface area contributed by atoms with Crippen LogP contribution in [-0.4, -0.2) is 11.8 Å². The molecule has 0 radical (unpaired) electrons. The van der Waals surface area contributed by atoms with Crippen molar-refractivity contribution < 1.29 is 14.0 Å². The van der Waals surface area contributed by atoms with E-state index in [0.717, 1.165) is 22.2 Å². The second-order valence-corrected chi connectivity index (χ2v) is 7.41. The van der Waals surface area contributed by atoms with Gasteiger partial charge in [0.1, 0.15) is 5.58 Å². The SMILES string of the molecule is O=C(Nc1ccc2c(c1)CCC(=O)N2Cc1ccccc1)c1cc2ccccc2o1. The van der Waals surface area contributed by atoms with E-state index in [9.17, 15) is 9.59 Å². The number of nitrogens with zero attached hydrogens (tertiary/aromatic N) is 1. The smallest absolute Gasteiger partial charge is 0.291 e. The lowest BCUT2D eigenvalue weighted by Gasteiger charge is -2.30. The zero-order chi connectivity index (χ0) is 20.5. The Morgan fingerprint density at radius 3 is 2.57 bits per heavy atom. The second-order valence-electron chi connectivity index (χ2n) is 7.41. The highest BCUT2D eigenvalue weighted by Gasteiger charge is 2.24. The maximum atomic E-state index is 12.6. The summed E-state index contributed by atoms with van der Waals surface area (Å²) in [7, 11) is 0. The molecule has 148 valence electrons. The molecule has 0 saturated carbocycles. The van der Waals surface area contributed by atoms with Gasteiger partial charge in [0.15, 0.2) is 5.76 Å². The lowest BCUT2D eigenvalue weighted by atomic mass is 9.99. The summed E-state index contributed by atoms with van der Waals surface area (Å²) in [4.78, 5) is 27.0. The Balaban J connectivity index is 1.38. The Hall–Kier alpha value is -3.86. The summed E-state index contributed by atoms with van der Waals surface area (Å²) in [6, 6.07) is 24.9. The zero-order valence-corrected chi connectivity index (χ0v) is 16.3. The number of hydrogen-bond acceptors (Lipinski definition) is 3. The number of hydrogen-bond donors (Lipinski definition) is 1. The van der Waals surface area contributed by atoms with Crippen molar-refractivity contribution in [3.05, 3.63) is 95.7 Å².